The van der Waals surface area contributed by atoms with Crippen LogP contribution in [0.25, 0.3) is 5.57 Å². The fourth-order valence-corrected chi connectivity index (χ4v) is 3.99. The zero-order chi connectivity index (χ0) is 18.9. The fraction of sp³-hybridized carbons (Fsp3) is 0.278. The van der Waals surface area contributed by atoms with Gasteiger partial charge in [0.05, 0.1) is 18.6 Å². The van der Waals surface area contributed by atoms with E-state index in [0.717, 1.165) is 0 Å². The van der Waals surface area contributed by atoms with Crippen molar-refractivity contribution in [2.75, 3.05) is 20.8 Å². The number of carbonyl (C=O) groups is 1. The van der Waals surface area contributed by atoms with Crippen molar-refractivity contribution in [2.24, 2.45) is 0 Å². The molecule has 1 heterocycles. The zero-order valence-electron chi connectivity index (χ0n) is 14.3. The van der Waals surface area contributed by atoms with E-state index < -0.39 is 21.8 Å². The van der Waals surface area contributed by atoms with Crippen LogP contribution >= 0.6 is 0 Å². The quantitative estimate of drug-likeness (QED) is 0.641. The van der Waals surface area contributed by atoms with Crippen LogP contribution in [0, 0.1) is 5.82 Å². The predicted octanol–water partition coefficient (Wildman–Crippen LogP) is 2.30. The third-order valence-corrected chi connectivity index (χ3v) is 5.88. The second kappa shape index (κ2) is 7.05. The summed E-state index contributed by atoms with van der Waals surface area (Å²) >= 11 is 0. The van der Waals surface area contributed by atoms with Crippen molar-refractivity contribution in [3.63, 3.8) is 0 Å². The Morgan fingerprint density at radius 2 is 2.00 bits per heavy atom. The van der Waals surface area contributed by atoms with Crippen LogP contribution in [-0.2, 0) is 19.6 Å². The number of methoxy groups -OCH3 is 1. The molecule has 1 N–H and O–H groups in total. The summed E-state index contributed by atoms with van der Waals surface area (Å²) in [6.45, 7) is 0.223. The van der Waals surface area contributed by atoms with E-state index in [2.05, 4.69) is 4.72 Å². The molecule has 138 valence electrons. The lowest BCUT2D eigenvalue weighted by atomic mass is 9.90. The van der Waals surface area contributed by atoms with Crippen LogP contribution in [0.1, 0.15) is 18.4 Å². The van der Waals surface area contributed by atoms with Gasteiger partial charge in [0.2, 0.25) is 10.0 Å². The molecule has 1 aromatic rings. The molecule has 8 heteroatoms. The van der Waals surface area contributed by atoms with Crippen molar-refractivity contribution < 1.29 is 27.1 Å². The Morgan fingerprint density at radius 3 is 2.58 bits per heavy atom. The van der Waals surface area contributed by atoms with Crippen LogP contribution < -0.4 is 9.46 Å². The molecule has 26 heavy (non-hydrogen) atoms. The molecule has 1 fully saturated rings. The topological polar surface area (TPSA) is 81.7 Å². The van der Waals surface area contributed by atoms with E-state index >= 15 is 0 Å². The van der Waals surface area contributed by atoms with E-state index in [1.54, 1.807) is 12.1 Å². The first-order valence-electron chi connectivity index (χ1n) is 7.95. The monoisotopic (exact) mass is 379 g/mol. The molecule has 1 aliphatic heterocycles. The summed E-state index contributed by atoms with van der Waals surface area (Å²) in [7, 11) is -1.06. The summed E-state index contributed by atoms with van der Waals surface area (Å²) in [6, 6.07) is 4.52. The van der Waals surface area contributed by atoms with E-state index in [4.69, 9.17) is 9.47 Å². The Bertz CT molecular complexity index is 960. The van der Waals surface area contributed by atoms with Crippen molar-refractivity contribution in [3.05, 3.63) is 57.8 Å². The third-order valence-electron chi connectivity index (χ3n) is 4.38. The van der Waals surface area contributed by atoms with Crippen LogP contribution in [-0.4, -0.2) is 35.2 Å². The molecular weight excluding hydrogens is 361 g/mol. The molecule has 0 saturated carbocycles. The molecule has 3 rings (SSSR count). The molecule has 1 saturated heterocycles. The van der Waals surface area contributed by atoms with Crippen molar-refractivity contribution in [1.29, 1.82) is 0 Å². The van der Waals surface area contributed by atoms with Crippen LogP contribution in [0.4, 0.5) is 4.39 Å². The van der Waals surface area contributed by atoms with Gasteiger partial charge < -0.3 is 9.47 Å². The summed E-state index contributed by atoms with van der Waals surface area (Å²) in [5.74, 6) is -0.908. The smallest absolute Gasteiger partial charge is 0.334 e. The van der Waals surface area contributed by atoms with E-state index in [1.165, 1.54) is 32.4 Å². The number of sulfonamides is 1. The molecule has 2 aliphatic rings. The normalized spacial score (nSPS) is 20.5. The van der Waals surface area contributed by atoms with Crippen molar-refractivity contribution in [1.82, 2.24) is 4.72 Å². The van der Waals surface area contributed by atoms with Crippen LogP contribution in [0.2, 0.25) is 0 Å². The van der Waals surface area contributed by atoms with Gasteiger partial charge in [0, 0.05) is 12.0 Å². The van der Waals surface area contributed by atoms with Gasteiger partial charge in [0.15, 0.2) is 11.6 Å². The van der Waals surface area contributed by atoms with Crippen molar-refractivity contribution >= 4 is 21.6 Å². The Hall–Kier alpha value is -2.45. The van der Waals surface area contributed by atoms with E-state index in [-0.39, 0.29) is 23.7 Å². The highest BCUT2D eigenvalue weighted by molar-refractivity contribution is 7.93. The number of cyclic esters (lactones) is 1. The first-order chi connectivity index (χ1) is 12.4. The van der Waals surface area contributed by atoms with Gasteiger partial charge >= 0.3 is 5.97 Å². The Morgan fingerprint density at radius 1 is 1.23 bits per heavy atom. The average Bonchev–Trinajstić information content (AvgIpc) is 3.07. The Kier molecular flexibility index (Phi) is 4.97. The molecular formula is C18H18FNO5S. The summed E-state index contributed by atoms with van der Waals surface area (Å²) in [5, 5.41) is 0. The number of rotatable bonds is 4. The number of halogens is 1. The highest BCUT2D eigenvalue weighted by Crippen LogP contribution is 2.38. The number of hydrogen-bond donors (Lipinski definition) is 1. The highest BCUT2D eigenvalue weighted by atomic mass is 32.2. The Balaban J connectivity index is 2.11. The molecule has 0 aromatic heterocycles. The van der Waals surface area contributed by atoms with E-state index in [0.29, 0.717) is 28.7 Å². The van der Waals surface area contributed by atoms with Gasteiger partial charge in [0.1, 0.15) is 0 Å². The van der Waals surface area contributed by atoms with E-state index in [9.17, 15) is 17.6 Å². The van der Waals surface area contributed by atoms with Gasteiger partial charge in [-0.25, -0.2) is 22.3 Å². The first-order valence-corrected chi connectivity index (χ1v) is 9.43. The number of ether oxygens (including phenoxy) is 2. The molecule has 0 amide bonds. The minimum absolute atomic E-state index is 0.0339. The fourth-order valence-electron chi connectivity index (χ4n) is 3.00. The summed E-state index contributed by atoms with van der Waals surface area (Å²) in [5.41, 5.74) is 2.01. The molecule has 6 nitrogen and oxygen atoms in total. The summed E-state index contributed by atoms with van der Waals surface area (Å²) in [6.07, 6.45) is 3.58. The molecule has 0 bridgehead atoms. The number of carbonyl (C=O) groups excluding carboxylic acids is 1. The molecule has 0 atom stereocenters. The largest absolute Gasteiger partial charge is 0.494 e. The Labute approximate surface area is 151 Å². The second-order valence-electron chi connectivity index (χ2n) is 5.80. The number of benzene rings is 1. The van der Waals surface area contributed by atoms with Crippen LogP contribution in [0.5, 0.6) is 5.75 Å². The number of allylic oxidation sites excluding steroid dienone is 4. The van der Waals surface area contributed by atoms with E-state index in [1.807, 2.05) is 0 Å². The number of esters is 1. The van der Waals surface area contributed by atoms with Gasteiger partial charge in [-0.3, -0.25) is 0 Å². The second-order valence-corrected chi connectivity index (χ2v) is 7.65. The third kappa shape index (κ3) is 3.30. The minimum atomic E-state index is -3.75. The lowest BCUT2D eigenvalue weighted by molar-refractivity contribution is -0.135. The number of nitrogens with one attached hydrogen (secondary N) is 1. The van der Waals surface area contributed by atoms with Crippen molar-refractivity contribution in [3.8, 4) is 5.75 Å². The standard InChI is InChI=1S/C18H18FNO5S/c1-20-26(22,23)17-6-4-11(9-14(17)13-7-8-25-18(13)21)12-3-5-16(24-2)15(19)10-12/h3-6,10,20H,7-9H2,1-2H3. The van der Waals surface area contributed by atoms with Gasteiger partial charge in [0.25, 0.3) is 0 Å². The van der Waals surface area contributed by atoms with Crippen LogP contribution in [0.3, 0.4) is 0 Å². The molecule has 0 unspecified atom stereocenters. The maximum atomic E-state index is 14.0. The minimum Gasteiger partial charge on any atom is -0.494 e. The lowest BCUT2D eigenvalue weighted by Gasteiger charge is -2.20. The van der Waals surface area contributed by atoms with Gasteiger partial charge in [-0.05, 0) is 48.4 Å². The highest BCUT2D eigenvalue weighted by Gasteiger charge is 2.31. The lowest BCUT2D eigenvalue weighted by Crippen LogP contribution is -2.23. The average molecular weight is 379 g/mol. The molecule has 1 aromatic carbocycles. The zero-order valence-corrected chi connectivity index (χ0v) is 15.2. The summed E-state index contributed by atoms with van der Waals surface area (Å²) in [4.78, 5) is 12.0. The molecule has 0 spiro atoms. The predicted molar refractivity (Wildman–Crippen MR) is 94.2 cm³/mol. The first kappa shape index (κ1) is 18.3. The molecule has 0 radical (unpaired) electrons. The van der Waals surface area contributed by atoms with Crippen molar-refractivity contribution in [2.45, 2.75) is 12.8 Å². The van der Waals surface area contributed by atoms with Gasteiger partial charge in [-0.15, -0.1) is 0 Å². The van der Waals surface area contributed by atoms with Gasteiger partial charge in [-0.2, -0.15) is 0 Å². The van der Waals surface area contributed by atoms with Crippen LogP contribution in [0.15, 0.2) is 46.4 Å². The summed E-state index contributed by atoms with van der Waals surface area (Å²) < 4.78 is 50.9. The molecule has 1 aliphatic carbocycles. The SMILES string of the molecule is CNS(=O)(=O)C1=CC=C(c2ccc(OC)c(F)c2)CC1=C1CCOC1=O. The number of hydrogen-bond acceptors (Lipinski definition) is 5. The maximum Gasteiger partial charge on any atom is 0.334 e. The van der Waals surface area contributed by atoms with Gasteiger partial charge in [-0.1, -0.05) is 12.1 Å². The maximum absolute atomic E-state index is 14.0.